The molecular weight excluding hydrogens is 386 g/mol. The van der Waals surface area contributed by atoms with E-state index in [9.17, 15) is 8.42 Å². The van der Waals surface area contributed by atoms with Crippen LogP contribution in [0, 0.1) is 5.92 Å². The van der Waals surface area contributed by atoms with Crippen molar-refractivity contribution in [3.63, 3.8) is 0 Å². The van der Waals surface area contributed by atoms with E-state index in [1.165, 1.54) is 0 Å². The normalized spacial score (nSPS) is 22.4. The molecule has 0 unspecified atom stereocenters. The molecule has 0 fully saturated rings. The maximum atomic E-state index is 13.1. The fourth-order valence-corrected chi connectivity index (χ4v) is 5.75. The van der Waals surface area contributed by atoms with Crippen LogP contribution in [0.4, 0.5) is 0 Å². The molecule has 0 saturated carbocycles. The number of fused-ring (bicyclic) bond motifs is 2. The van der Waals surface area contributed by atoms with E-state index in [0.29, 0.717) is 11.5 Å². The molecule has 5 rings (SSSR count). The topological polar surface area (TPSA) is 64.6 Å². The molecule has 2 aliphatic rings. The van der Waals surface area contributed by atoms with Gasteiger partial charge in [-0.3, -0.25) is 0 Å². The zero-order valence-corrected chi connectivity index (χ0v) is 16.7. The molecule has 1 aliphatic carbocycles. The molecule has 3 aromatic rings. The summed E-state index contributed by atoms with van der Waals surface area (Å²) in [6, 6.07) is 22.2. The van der Waals surface area contributed by atoms with Crippen LogP contribution < -0.4 is 14.2 Å². The van der Waals surface area contributed by atoms with E-state index in [1.54, 1.807) is 30.3 Å². The lowest BCUT2D eigenvalue weighted by Crippen LogP contribution is -2.31. The summed E-state index contributed by atoms with van der Waals surface area (Å²) in [5.74, 6) is 1.45. The maximum Gasteiger partial charge on any atom is 0.241 e. The summed E-state index contributed by atoms with van der Waals surface area (Å²) in [5.41, 5.74) is 3.17. The van der Waals surface area contributed by atoms with Crippen LogP contribution in [0.1, 0.15) is 35.6 Å². The molecule has 0 saturated heterocycles. The van der Waals surface area contributed by atoms with Crippen molar-refractivity contribution in [1.82, 2.24) is 4.72 Å². The molecule has 0 bridgehead atoms. The standard InChI is InChI=1S/C23H21NO4S/c1-15-22(16-8-4-2-5-9-16)18-12-20-21(28-14-27-20)13-19(18)23(15)24-29(25,26)17-10-6-3-7-11-17/h2-13,15,22-24H,14H2,1H3/t15-,22+,23+/m1/s1. The molecule has 3 atom stereocenters. The maximum absolute atomic E-state index is 13.1. The van der Waals surface area contributed by atoms with Crippen LogP contribution >= 0.6 is 0 Å². The smallest absolute Gasteiger partial charge is 0.241 e. The summed E-state index contributed by atoms with van der Waals surface area (Å²) < 4.78 is 40.2. The van der Waals surface area contributed by atoms with Crippen molar-refractivity contribution < 1.29 is 17.9 Å². The van der Waals surface area contributed by atoms with Crippen molar-refractivity contribution in [2.24, 2.45) is 5.92 Å². The van der Waals surface area contributed by atoms with Crippen molar-refractivity contribution in [3.05, 3.63) is 89.5 Å². The Morgan fingerprint density at radius 2 is 1.45 bits per heavy atom. The highest BCUT2D eigenvalue weighted by Crippen LogP contribution is 2.52. The third-order valence-electron chi connectivity index (χ3n) is 5.79. The van der Waals surface area contributed by atoms with E-state index < -0.39 is 10.0 Å². The molecule has 1 N–H and O–H groups in total. The number of sulfonamides is 1. The first-order valence-corrected chi connectivity index (χ1v) is 11.1. The van der Waals surface area contributed by atoms with Crippen molar-refractivity contribution in [1.29, 1.82) is 0 Å². The second kappa shape index (κ2) is 6.90. The van der Waals surface area contributed by atoms with Crippen LogP contribution in [0.15, 0.2) is 77.7 Å². The van der Waals surface area contributed by atoms with Crippen LogP contribution in [0.2, 0.25) is 0 Å². The minimum Gasteiger partial charge on any atom is -0.454 e. The molecule has 1 heterocycles. The Bertz CT molecular complexity index is 1150. The Morgan fingerprint density at radius 3 is 2.10 bits per heavy atom. The van der Waals surface area contributed by atoms with Gasteiger partial charge in [0.2, 0.25) is 16.8 Å². The third kappa shape index (κ3) is 3.09. The van der Waals surface area contributed by atoms with Crippen LogP contribution in [-0.2, 0) is 10.0 Å². The lowest BCUT2D eigenvalue weighted by Gasteiger charge is -2.23. The van der Waals surface area contributed by atoms with E-state index in [1.807, 2.05) is 30.3 Å². The molecular formula is C23H21NO4S. The predicted octanol–water partition coefficient (Wildman–Crippen LogP) is 4.22. The lowest BCUT2D eigenvalue weighted by molar-refractivity contribution is 0.173. The van der Waals surface area contributed by atoms with Crippen molar-refractivity contribution in [2.45, 2.75) is 23.8 Å². The van der Waals surface area contributed by atoms with Gasteiger partial charge in [-0.25, -0.2) is 13.1 Å². The summed E-state index contributed by atoms with van der Waals surface area (Å²) in [6.45, 7) is 2.27. The molecule has 5 nitrogen and oxygen atoms in total. The largest absolute Gasteiger partial charge is 0.454 e. The highest BCUT2D eigenvalue weighted by Gasteiger charge is 2.42. The van der Waals surface area contributed by atoms with Crippen molar-refractivity contribution in [2.75, 3.05) is 6.79 Å². The minimum absolute atomic E-state index is 0.0217. The van der Waals surface area contributed by atoms with Gasteiger partial charge in [0, 0.05) is 5.92 Å². The first kappa shape index (κ1) is 18.2. The molecule has 0 spiro atoms. The van der Waals surface area contributed by atoms with E-state index in [-0.39, 0.29) is 29.6 Å². The van der Waals surface area contributed by atoms with E-state index >= 15 is 0 Å². The van der Waals surface area contributed by atoms with Gasteiger partial charge in [-0.1, -0.05) is 55.5 Å². The van der Waals surface area contributed by atoms with E-state index in [4.69, 9.17) is 9.47 Å². The van der Waals surface area contributed by atoms with Crippen LogP contribution in [0.3, 0.4) is 0 Å². The van der Waals surface area contributed by atoms with Gasteiger partial charge in [-0.15, -0.1) is 0 Å². The Labute approximate surface area is 170 Å². The van der Waals surface area contributed by atoms with Gasteiger partial charge in [0.15, 0.2) is 11.5 Å². The molecule has 148 valence electrons. The fraction of sp³-hybridized carbons (Fsp3) is 0.217. The summed E-state index contributed by atoms with van der Waals surface area (Å²) in [7, 11) is -3.66. The molecule has 0 amide bonds. The average Bonchev–Trinajstić information content (AvgIpc) is 3.30. The second-order valence-corrected chi connectivity index (χ2v) is 9.21. The summed E-state index contributed by atoms with van der Waals surface area (Å²) in [4.78, 5) is 0.262. The predicted molar refractivity (Wildman–Crippen MR) is 110 cm³/mol. The van der Waals surface area contributed by atoms with Gasteiger partial charge in [0.05, 0.1) is 10.9 Å². The molecule has 1 aliphatic heterocycles. The first-order valence-electron chi connectivity index (χ1n) is 9.60. The monoisotopic (exact) mass is 407 g/mol. The first-order chi connectivity index (χ1) is 14.0. The Balaban J connectivity index is 1.60. The van der Waals surface area contributed by atoms with E-state index in [0.717, 1.165) is 16.7 Å². The van der Waals surface area contributed by atoms with Gasteiger partial charge in [-0.2, -0.15) is 0 Å². The summed E-state index contributed by atoms with van der Waals surface area (Å²) in [5, 5.41) is 0. The Morgan fingerprint density at radius 1 is 0.862 bits per heavy atom. The Hall–Kier alpha value is -2.83. The number of rotatable bonds is 4. The number of hydrogen-bond acceptors (Lipinski definition) is 4. The SMILES string of the molecule is C[C@@H]1[C@@H](c2ccccc2)c2cc3c(cc2[C@H]1NS(=O)(=O)c1ccccc1)OCO3. The second-order valence-electron chi connectivity index (χ2n) is 7.49. The molecule has 0 radical (unpaired) electrons. The van der Waals surface area contributed by atoms with Crippen molar-refractivity contribution in [3.8, 4) is 11.5 Å². The Kier molecular flexibility index (Phi) is 4.33. The van der Waals surface area contributed by atoms with Gasteiger partial charge in [-0.05, 0) is 46.9 Å². The fourth-order valence-electron chi connectivity index (χ4n) is 4.42. The van der Waals surface area contributed by atoms with Gasteiger partial charge in [0.1, 0.15) is 0 Å². The van der Waals surface area contributed by atoms with Crippen molar-refractivity contribution >= 4 is 10.0 Å². The molecule has 6 heteroatoms. The summed E-state index contributed by atoms with van der Waals surface area (Å²) >= 11 is 0. The zero-order chi connectivity index (χ0) is 20.0. The molecule has 3 aromatic carbocycles. The lowest BCUT2D eigenvalue weighted by atomic mass is 9.86. The number of hydrogen-bond donors (Lipinski definition) is 1. The van der Waals surface area contributed by atoms with E-state index in [2.05, 4.69) is 23.8 Å². The van der Waals surface area contributed by atoms with Crippen LogP contribution in [0.5, 0.6) is 11.5 Å². The highest BCUT2D eigenvalue weighted by molar-refractivity contribution is 7.89. The number of nitrogens with one attached hydrogen (secondary N) is 1. The zero-order valence-electron chi connectivity index (χ0n) is 15.9. The average molecular weight is 407 g/mol. The van der Waals surface area contributed by atoms with Gasteiger partial charge < -0.3 is 9.47 Å². The quantitative estimate of drug-likeness (QED) is 0.703. The van der Waals surface area contributed by atoms with Gasteiger partial charge >= 0.3 is 0 Å². The third-order valence-corrected chi connectivity index (χ3v) is 7.25. The van der Waals surface area contributed by atoms with Crippen LogP contribution in [0.25, 0.3) is 0 Å². The minimum atomic E-state index is -3.66. The summed E-state index contributed by atoms with van der Waals surface area (Å²) in [6.07, 6.45) is 0. The van der Waals surface area contributed by atoms with Crippen LogP contribution in [-0.4, -0.2) is 15.2 Å². The number of benzene rings is 3. The highest BCUT2D eigenvalue weighted by atomic mass is 32.2. The molecule has 29 heavy (non-hydrogen) atoms. The van der Waals surface area contributed by atoms with Gasteiger partial charge in [0.25, 0.3) is 0 Å². The number of ether oxygens (including phenoxy) is 2. The molecule has 0 aromatic heterocycles.